The SMILES string of the molecule is CCCCCCCCCCCCCCCCCCOC(C)=C(C)C.Cl.N. The molecule has 0 unspecified atom stereocenters. The van der Waals surface area contributed by atoms with Crippen molar-refractivity contribution in [3.63, 3.8) is 0 Å². The molecular weight excluding hydrogens is 342 g/mol. The van der Waals surface area contributed by atoms with E-state index in [1.807, 2.05) is 0 Å². The van der Waals surface area contributed by atoms with Crippen LogP contribution in [0.2, 0.25) is 0 Å². The summed E-state index contributed by atoms with van der Waals surface area (Å²) < 4.78 is 5.70. The second kappa shape index (κ2) is 24.8. The molecular formula is C23H50ClNO. The molecule has 3 N–H and O–H groups in total. The molecule has 0 bridgehead atoms. The summed E-state index contributed by atoms with van der Waals surface area (Å²) in [5.41, 5.74) is 1.30. The topological polar surface area (TPSA) is 44.2 Å². The fraction of sp³-hybridized carbons (Fsp3) is 0.913. The van der Waals surface area contributed by atoms with Crippen LogP contribution in [0.15, 0.2) is 11.3 Å². The van der Waals surface area contributed by atoms with E-state index < -0.39 is 0 Å². The van der Waals surface area contributed by atoms with Crippen LogP contribution in [0.3, 0.4) is 0 Å². The van der Waals surface area contributed by atoms with Crippen molar-refractivity contribution in [3.05, 3.63) is 11.3 Å². The number of ether oxygens (including phenoxy) is 1. The molecule has 0 saturated carbocycles. The normalized spacial score (nSPS) is 10.0. The Bertz CT molecular complexity index is 288. The largest absolute Gasteiger partial charge is 0.498 e. The van der Waals surface area contributed by atoms with E-state index in [0.717, 1.165) is 12.4 Å². The lowest BCUT2D eigenvalue weighted by molar-refractivity contribution is 0.203. The van der Waals surface area contributed by atoms with Crippen LogP contribution >= 0.6 is 12.4 Å². The van der Waals surface area contributed by atoms with Crippen molar-refractivity contribution in [1.29, 1.82) is 0 Å². The average Bonchev–Trinajstić information content (AvgIpc) is 2.57. The first kappa shape index (κ1) is 30.5. The summed E-state index contributed by atoms with van der Waals surface area (Å²) in [5.74, 6) is 1.11. The molecule has 26 heavy (non-hydrogen) atoms. The van der Waals surface area contributed by atoms with Crippen LogP contribution in [0.1, 0.15) is 130 Å². The number of hydrogen-bond donors (Lipinski definition) is 1. The van der Waals surface area contributed by atoms with Crippen LogP contribution in [0.4, 0.5) is 0 Å². The molecule has 160 valence electrons. The monoisotopic (exact) mass is 391 g/mol. The van der Waals surface area contributed by atoms with Crippen LogP contribution in [0, 0.1) is 0 Å². The van der Waals surface area contributed by atoms with E-state index in [0.29, 0.717) is 0 Å². The van der Waals surface area contributed by atoms with E-state index in [2.05, 4.69) is 27.7 Å². The van der Waals surface area contributed by atoms with Gasteiger partial charge in [0.05, 0.1) is 12.4 Å². The van der Waals surface area contributed by atoms with Gasteiger partial charge in [-0.25, -0.2) is 0 Å². The zero-order valence-corrected chi connectivity index (χ0v) is 19.4. The second-order valence-electron chi connectivity index (χ2n) is 7.71. The second-order valence-corrected chi connectivity index (χ2v) is 7.71. The molecule has 0 aliphatic rings. The smallest absolute Gasteiger partial charge is 0.0915 e. The Labute approximate surface area is 171 Å². The average molecular weight is 392 g/mol. The predicted octanol–water partition coefficient (Wildman–Crippen LogP) is 9.16. The van der Waals surface area contributed by atoms with Gasteiger partial charge < -0.3 is 10.9 Å². The van der Waals surface area contributed by atoms with Crippen molar-refractivity contribution in [2.24, 2.45) is 0 Å². The summed E-state index contributed by atoms with van der Waals surface area (Å²) >= 11 is 0. The highest BCUT2D eigenvalue weighted by Crippen LogP contribution is 2.14. The number of halogens is 1. The fourth-order valence-electron chi connectivity index (χ4n) is 3.02. The fourth-order valence-corrected chi connectivity index (χ4v) is 3.02. The molecule has 0 spiro atoms. The Kier molecular flexibility index (Phi) is 29.1. The molecule has 0 aliphatic heterocycles. The molecule has 0 amide bonds. The zero-order valence-electron chi connectivity index (χ0n) is 18.5. The van der Waals surface area contributed by atoms with Crippen LogP contribution in [-0.2, 0) is 4.74 Å². The molecule has 0 atom stereocenters. The molecule has 0 heterocycles. The van der Waals surface area contributed by atoms with E-state index in [4.69, 9.17) is 4.74 Å². The third-order valence-corrected chi connectivity index (χ3v) is 5.02. The molecule has 3 heteroatoms. The minimum atomic E-state index is 0. The zero-order chi connectivity index (χ0) is 17.9. The highest BCUT2D eigenvalue weighted by Gasteiger charge is 1.96. The molecule has 0 aromatic heterocycles. The Morgan fingerprint density at radius 3 is 1.15 bits per heavy atom. The Morgan fingerprint density at radius 2 is 0.846 bits per heavy atom. The molecule has 0 aromatic carbocycles. The molecule has 0 fully saturated rings. The third-order valence-electron chi connectivity index (χ3n) is 5.02. The first-order chi connectivity index (χ1) is 11.7. The van der Waals surface area contributed by atoms with E-state index in [-0.39, 0.29) is 18.6 Å². The maximum atomic E-state index is 5.70. The summed E-state index contributed by atoms with van der Waals surface area (Å²) in [6.07, 6.45) is 22.7. The van der Waals surface area contributed by atoms with Gasteiger partial charge in [-0.2, -0.15) is 0 Å². The number of allylic oxidation sites excluding steroid dienone is 2. The first-order valence-corrected chi connectivity index (χ1v) is 10.9. The summed E-state index contributed by atoms with van der Waals surface area (Å²) in [5, 5.41) is 0. The summed E-state index contributed by atoms with van der Waals surface area (Å²) in [4.78, 5) is 0. The van der Waals surface area contributed by atoms with Gasteiger partial charge in [-0.3, -0.25) is 0 Å². The van der Waals surface area contributed by atoms with E-state index in [1.165, 1.54) is 108 Å². The summed E-state index contributed by atoms with van der Waals surface area (Å²) in [6, 6.07) is 0. The Balaban J connectivity index is -0.00000264. The van der Waals surface area contributed by atoms with Crippen LogP contribution in [0.25, 0.3) is 0 Å². The minimum Gasteiger partial charge on any atom is -0.498 e. The van der Waals surface area contributed by atoms with Crippen LogP contribution in [0.5, 0.6) is 0 Å². The van der Waals surface area contributed by atoms with Gasteiger partial charge >= 0.3 is 0 Å². The van der Waals surface area contributed by atoms with Gasteiger partial charge in [0.1, 0.15) is 0 Å². The van der Waals surface area contributed by atoms with Crippen LogP contribution in [-0.4, -0.2) is 6.61 Å². The van der Waals surface area contributed by atoms with Crippen molar-refractivity contribution >= 4 is 12.4 Å². The third kappa shape index (κ3) is 23.8. The van der Waals surface area contributed by atoms with Crippen molar-refractivity contribution in [3.8, 4) is 0 Å². The van der Waals surface area contributed by atoms with Crippen molar-refractivity contribution < 1.29 is 4.74 Å². The van der Waals surface area contributed by atoms with E-state index >= 15 is 0 Å². The highest BCUT2D eigenvalue weighted by molar-refractivity contribution is 5.85. The molecule has 0 aromatic rings. The van der Waals surface area contributed by atoms with Crippen molar-refractivity contribution in [2.45, 2.75) is 130 Å². The van der Waals surface area contributed by atoms with Gasteiger partial charge in [0, 0.05) is 0 Å². The standard InChI is InChI=1S/C23H46O.ClH.H3N/c1-5-6-7-8-9-10-11-12-13-14-15-16-17-18-19-20-21-24-23(4)22(2)3;;/h5-21H2,1-4H3;1H;1H3. The molecule has 2 nitrogen and oxygen atoms in total. The molecule has 0 aliphatic carbocycles. The highest BCUT2D eigenvalue weighted by atomic mass is 35.5. The van der Waals surface area contributed by atoms with Crippen molar-refractivity contribution in [2.75, 3.05) is 6.61 Å². The minimum absolute atomic E-state index is 0. The number of unbranched alkanes of at least 4 members (excludes halogenated alkanes) is 15. The molecule has 0 radical (unpaired) electrons. The molecule has 0 saturated heterocycles. The number of hydrogen-bond acceptors (Lipinski definition) is 2. The maximum absolute atomic E-state index is 5.70. The first-order valence-electron chi connectivity index (χ1n) is 10.9. The van der Waals surface area contributed by atoms with Gasteiger partial charge in [0.2, 0.25) is 0 Å². The van der Waals surface area contributed by atoms with Gasteiger partial charge in [-0.15, -0.1) is 12.4 Å². The van der Waals surface area contributed by atoms with E-state index in [1.54, 1.807) is 0 Å². The maximum Gasteiger partial charge on any atom is 0.0915 e. The van der Waals surface area contributed by atoms with Gasteiger partial charge in [-0.1, -0.05) is 103 Å². The van der Waals surface area contributed by atoms with Gasteiger partial charge in [-0.05, 0) is 32.8 Å². The lowest BCUT2D eigenvalue weighted by atomic mass is 10.0. The Hall–Kier alpha value is -0.210. The van der Waals surface area contributed by atoms with E-state index in [9.17, 15) is 0 Å². The number of rotatable bonds is 18. The lowest BCUT2D eigenvalue weighted by Crippen LogP contribution is -1.94. The van der Waals surface area contributed by atoms with Gasteiger partial charge in [0.15, 0.2) is 0 Å². The lowest BCUT2D eigenvalue weighted by Gasteiger charge is -2.07. The summed E-state index contributed by atoms with van der Waals surface area (Å²) in [7, 11) is 0. The van der Waals surface area contributed by atoms with Crippen LogP contribution < -0.4 is 6.15 Å². The predicted molar refractivity (Wildman–Crippen MR) is 122 cm³/mol. The Morgan fingerprint density at radius 1 is 0.538 bits per heavy atom. The summed E-state index contributed by atoms with van der Waals surface area (Å²) in [6.45, 7) is 9.49. The molecule has 0 rings (SSSR count). The van der Waals surface area contributed by atoms with Gasteiger partial charge in [0.25, 0.3) is 0 Å². The van der Waals surface area contributed by atoms with Crippen molar-refractivity contribution in [1.82, 2.24) is 6.15 Å². The quantitative estimate of drug-likeness (QED) is 0.187.